The number of anilines is 1. The Balaban J connectivity index is 2.04. The average Bonchev–Trinajstić information content (AvgIpc) is 2.76. The molecule has 0 unspecified atom stereocenters. The van der Waals surface area contributed by atoms with Crippen molar-refractivity contribution in [3.8, 4) is 5.69 Å². The van der Waals surface area contributed by atoms with Crippen LogP contribution in [0.3, 0.4) is 0 Å². The summed E-state index contributed by atoms with van der Waals surface area (Å²) in [6.07, 6.45) is 2.83. The molecule has 0 spiro atoms. The zero-order valence-corrected chi connectivity index (χ0v) is 11.3. The van der Waals surface area contributed by atoms with E-state index in [0.717, 1.165) is 5.69 Å². The maximum absolute atomic E-state index is 11.6. The van der Waals surface area contributed by atoms with E-state index in [0.29, 0.717) is 5.69 Å². The van der Waals surface area contributed by atoms with Crippen LogP contribution in [0, 0.1) is 0 Å². The van der Waals surface area contributed by atoms with Gasteiger partial charge in [0.25, 0.3) is 0 Å². The van der Waals surface area contributed by atoms with Crippen molar-refractivity contribution >= 4 is 11.8 Å². The van der Waals surface area contributed by atoms with Crippen molar-refractivity contribution in [2.75, 3.05) is 5.32 Å². The highest BCUT2D eigenvalue weighted by atomic mass is 16.6. The highest BCUT2D eigenvalue weighted by Gasteiger charge is 2.16. The van der Waals surface area contributed by atoms with E-state index in [4.69, 9.17) is 4.74 Å². The molecule has 1 aromatic carbocycles. The van der Waals surface area contributed by atoms with Crippen LogP contribution < -0.4 is 5.32 Å². The van der Waals surface area contributed by atoms with Crippen LogP contribution in [-0.2, 0) is 4.74 Å². The number of hydrogen-bond donors (Lipinski definition) is 1. The van der Waals surface area contributed by atoms with Crippen LogP contribution in [0.2, 0.25) is 0 Å². The number of nitrogens with one attached hydrogen (secondary N) is 1. The molecule has 100 valence electrons. The molecule has 0 saturated carbocycles. The standard InChI is InChI=1S/C14H17N3O2/c1-14(2,3)19-13(18)16-11-9-15-17(10-11)12-7-5-4-6-8-12/h4-10H,1-3H3,(H,16,18). The Labute approximate surface area is 112 Å². The molecule has 0 aliphatic carbocycles. The molecule has 19 heavy (non-hydrogen) atoms. The highest BCUT2D eigenvalue weighted by molar-refractivity contribution is 5.84. The molecule has 2 aromatic rings. The van der Waals surface area contributed by atoms with Crippen molar-refractivity contribution in [2.45, 2.75) is 26.4 Å². The van der Waals surface area contributed by atoms with Crippen molar-refractivity contribution in [1.29, 1.82) is 0 Å². The lowest BCUT2D eigenvalue weighted by Crippen LogP contribution is -2.27. The number of aromatic nitrogens is 2. The number of para-hydroxylation sites is 1. The molecule has 0 bridgehead atoms. The van der Waals surface area contributed by atoms with Crippen LogP contribution in [-0.4, -0.2) is 21.5 Å². The molecule has 1 aromatic heterocycles. The Kier molecular flexibility index (Phi) is 3.55. The smallest absolute Gasteiger partial charge is 0.412 e. The van der Waals surface area contributed by atoms with Crippen molar-refractivity contribution in [1.82, 2.24) is 9.78 Å². The van der Waals surface area contributed by atoms with E-state index in [1.165, 1.54) is 0 Å². The van der Waals surface area contributed by atoms with Crippen molar-refractivity contribution in [3.05, 3.63) is 42.7 Å². The van der Waals surface area contributed by atoms with Crippen LogP contribution in [0.4, 0.5) is 10.5 Å². The summed E-state index contributed by atoms with van der Waals surface area (Å²) in [7, 11) is 0. The van der Waals surface area contributed by atoms with Crippen molar-refractivity contribution in [3.63, 3.8) is 0 Å². The lowest BCUT2D eigenvalue weighted by atomic mass is 10.2. The fourth-order valence-corrected chi connectivity index (χ4v) is 1.53. The van der Waals surface area contributed by atoms with Crippen molar-refractivity contribution < 1.29 is 9.53 Å². The van der Waals surface area contributed by atoms with Crippen LogP contribution in [0.15, 0.2) is 42.7 Å². The molecule has 0 saturated heterocycles. The quantitative estimate of drug-likeness (QED) is 0.900. The van der Waals surface area contributed by atoms with E-state index in [1.54, 1.807) is 17.1 Å². The number of ether oxygens (including phenoxy) is 1. The summed E-state index contributed by atoms with van der Waals surface area (Å²) in [5, 5.41) is 6.83. The minimum atomic E-state index is -0.514. The van der Waals surface area contributed by atoms with E-state index >= 15 is 0 Å². The molecule has 0 fully saturated rings. The van der Waals surface area contributed by atoms with Gasteiger partial charge in [-0.2, -0.15) is 5.10 Å². The average molecular weight is 259 g/mol. The number of carbonyl (C=O) groups is 1. The summed E-state index contributed by atoms with van der Waals surface area (Å²) in [6, 6.07) is 9.66. The zero-order valence-electron chi connectivity index (χ0n) is 11.3. The number of nitrogens with zero attached hydrogens (tertiary/aromatic N) is 2. The predicted molar refractivity (Wildman–Crippen MR) is 73.4 cm³/mol. The van der Waals surface area contributed by atoms with Crippen molar-refractivity contribution in [2.24, 2.45) is 0 Å². The van der Waals surface area contributed by atoms with Crippen LogP contribution in [0.1, 0.15) is 20.8 Å². The van der Waals surface area contributed by atoms with Gasteiger partial charge in [-0.05, 0) is 32.9 Å². The first-order valence-corrected chi connectivity index (χ1v) is 6.04. The van der Waals surface area contributed by atoms with E-state index in [2.05, 4.69) is 10.4 Å². The maximum Gasteiger partial charge on any atom is 0.412 e. The summed E-state index contributed by atoms with van der Waals surface area (Å²) in [6.45, 7) is 5.46. The molecular formula is C14H17N3O2. The van der Waals surface area contributed by atoms with Gasteiger partial charge in [0.15, 0.2) is 0 Å². The molecule has 0 aliphatic heterocycles. The van der Waals surface area contributed by atoms with Gasteiger partial charge >= 0.3 is 6.09 Å². The summed E-state index contributed by atoms with van der Waals surface area (Å²) in [4.78, 5) is 11.6. The Hall–Kier alpha value is -2.30. The molecule has 5 heteroatoms. The molecular weight excluding hydrogens is 242 g/mol. The highest BCUT2D eigenvalue weighted by Crippen LogP contribution is 2.13. The van der Waals surface area contributed by atoms with Gasteiger partial charge < -0.3 is 4.74 Å². The minimum absolute atomic E-state index is 0.486. The van der Waals surface area contributed by atoms with Gasteiger partial charge in [0, 0.05) is 0 Å². The van der Waals surface area contributed by atoms with E-state index in [-0.39, 0.29) is 0 Å². The fraction of sp³-hybridized carbons (Fsp3) is 0.286. The van der Waals surface area contributed by atoms with Crippen LogP contribution in [0.25, 0.3) is 5.69 Å². The third kappa shape index (κ3) is 3.84. The van der Waals surface area contributed by atoms with E-state index < -0.39 is 11.7 Å². The predicted octanol–water partition coefficient (Wildman–Crippen LogP) is 3.22. The molecule has 5 nitrogen and oxygen atoms in total. The first-order valence-electron chi connectivity index (χ1n) is 6.04. The lowest BCUT2D eigenvalue weighted by Gasteiger charge is -2.19. The second kappa shape index (κ2) is 5.14. The molecule has 0 aliphatic rings. The SMILES string of the molecule is CC(C)(C)OC(=O)Nc1cnn(-c2ccccc2)c1. The molecule has 0 radical (unpaired) electrons. The Morgan fingerprint density at radius 2 is 1.95 bits per heavy atom. The van der Waals surface area contributed by atoms with E-state index in [1.807, 2.05) is 51.1 Å². The molecule has 1 amide bonds. The second-order valence-corrected chi connectivity index (χ2v) is 5.14. The Morgan fingerprint density at radius 3 is 2.58 bits per heavy atom. The Morgan fingerprint density at radius 1 is 1.26 bits per heavy atom. The number of rotatable bonds is 2. The summed E-state index contributed by atoms with van der Waals surface area (Å²) < 4.78 is 6.86. The van der Waals surface area contributed by atoms with Gasteiger partial charge in [0.05, 0.1) is 23.8 Å². The normalized spacial score (nSPS) is 11.1. The molecule has 1 N–H and O–H groups in total. The summed E-state index contributed by atoms with van der Waals surface area (Å²) >= 11 is 0. The fourth-order valence-electron chi connectivity index (χ4n) is 1.53. The van der Waals surface area contributed by atoms with Gasteiger partial charge in [-0.3, -0.25) is 5.32 Å². The maximum atomic E-state index is 11.6. The zero-order chi connectivity index (χ0) is 13.9. The third-order valence-corrected chi connectivity index (χ3v) is 2.25. The number of benzene rings is 1. The third-order valence-electron chi connectivity index (χ3n) is 2.25. The largest absolute Gasteiger partial charge is 0.444 e. The van der Waals surface area contributed by atoms with Gasteiger partial charge in [-0.25, -0.2) is 9.48 Å². The first kappa shape index (κ1) is 13.1. The topological polar surface area (TPSA) is 56.1 Å². The second-order valence-electron chi connectivity index (χ2n) is 5.14. The molecule has 0 atom stereocenters. The molecule has 2 rings (SSSR count). The lowest BCUT2D eigenvalue weighted by molar-refractivity contribution is 0.0636. The van der Waals surface area contributed by atoms with Gasteiger partial charge in [0.2, 0.25) is 0 Å². The number of amides is 1. The summed E-state index contributed by atoms with van der Waals surface area (Å²) in [5.41, 5.74) is 1.01. The molecule has 1 heterocycles. The van der Waals surface area contributed by atoms with Crippen LogP contribution >= 0.6 is 0 Å². The number of carbonyl (C=O) groups excluding carboxylic acids is 1. The van der Waals surface area contributed by atoms with Gasteiger partial charge in [-0.1, -0.05) is 18.2 Å². The van der Waals surface area contributed by atoms with Crippen LogP contribution in [0.5, 0.6) is 0 Å². The first-order chi connectivity index (χ1) is 8.94. The number of hydrogen-bond acceptors (Lipinski definition) is 3. The minimum Gasteiger partial charge on any atom is -0.444 e. The van der Waals surface area contributed by atoms with Gasteiger partial charge in [0.1, 0.15) is 5.60 Å². The monoisotopic (exact) mass is 259 g/mol. The Bertz CT molecular complexity index is 556. The summed E-state index contributed by atoms with van der Waals surface area (Å²) in [5.74, 6) is 0. The van der Waals surface area contributed by atoms with E-state index in [9.17, 15) is 4.79 Å². The van der Waals surface area contributed by atoms with Gasteiger partial charge in [-0.15, -0.1) is 0 Å².